The Morgan fingerprint density at radius 3 is 1.52 bits per heavy atom. The molecule has 23 heavy (non-hydrogen) atoms. The fourth-order valence-corrected chi connectivity index (χ4v) is 3.28. The van der Waals surface area contributed by atoms with E-state index >= 15 is 0 Å². The number of benzene rings is 3. The van der Waals surface area contributed by atoms with Crippen LogP contribution in [0.1, 0.15) is 25.0 Å². The number of aryl methyl sites for hydroxylation is 2. The van der Waals surface area contributed by atoms with Crippen molar-refractivity contribution in [3.63, 3.8) is 0 Å². The van der Waals surface area contributed by atoms with Gasteiger partial charge in [-0.15, -0.1) is 0 Å². The molecule has 0 unspecified atom stereocenters. The maximum Gasteiger partial charge on any atom is 0.0541 e. The molecule has 1 aromatic heterocycles. The van der Waals surface area contributed by atoms with Gasteiger partial charge in [0.2, 0.25) is 0 Å². The van der Waals surface area contributed by atoms with E-state index in [0.717, 1.165) is 0 Å². The Balaban J connectivity index is 0.000000753. The van der Waals surface area contributed by atoms with Crippen LogP contribution in [0.15, 0.2) is 66.7 Å². The second kappa shape index (κ2) is 6.29. The molecule has 0 amide bonds. The highest BCUT2D eigenvalue weighted by Gasteiger charge is 2.11. The highest BCUT2D eigenvalue weighted by molar-refractivity contribution is 6.09. The summed E-state index contributed by atoms with van der Waals surface area (Å²) in [6.07, 6.45) is 0. The minimum Gasteiger partial charge on any atom is -0.309 e. The molecule has 0 bridgehead atoms. The zero-order valence-corrected chi connectivity index (χ0v) is 14.3. The van der Waals surface area contributed by atoms with Crippen LogP contribution in [0.4, 0.5) is 0 Å². The van der Waals surface area contributed by atoms with Crippen LogP contribution in [0.3, 0.4) is 0 Å². The molecule has 0 N–H and O–H groups in total. The van der Waals surface area contributed by atoms with Crippen molar-refractivity contribution >= 4 is 21.8 Å². The maximum absolute atomic E-state index is 2.37. The van der Waals surface area contributed by atoms with Gasteiger partial charge in [-0.1, -0.05) is 56.3 Å². The Kier molecular flexibility index (Phi) is 4.20. The summed E-state index contributed by atoms with van der Waals surface area (Å²) in [4.78, 5) is 0. The van der Waals surface area contributed by atoms with Gasteiger partial charge in [0, 0.05) is 16.5 Å². The Labute approximate surface area is 138 Å². The van der Waals surface area contributed by atoms with Gasteiger partial charge in [-0.3, -0.25) is 0 Å². The summed E-state index contributed by atoms with van der Waals surface area (Å²) in [6.45, 7) is 8.31. The van der Waals surface area contributed by atoms with E-state index in [2.05, 4.69) is 85.1 Å². The third-order valence-electron chi connectivity index (χ3n) is 4.04. The van der Waals surface area contributed by atoms with E-state index in [9.17, 15) is 0 Å². The summed E-state index contributed by atoms with van der Waals surface area (Å²) in [5, 5.41) is 2.62. The monoisotopic (exact) mass is 301 g/mol. The van der Waals surface area contributed by atoms with Crippen molar-refractivity contribution in [1.82, 2.24) is 4.57 Å². The SMILES string of the molecule is CC.Cc1cc(C)cc(-n2c3ccccc3c3ccccc32)c1. The van der Waals surface area contributed by atoms with E-state index in [1.54, 1.807) is 0 Å². The number of hydrogen-bond acceptors (Lipinski definition) is 0. The standard InChI is InChI=1S/C20H17N.C2H6/c1-14-11-15(2)13-16(12-14)21-19-9-5-3-7-17(19)18-8-4-6-10-20(18)21;1-2/h3-13H,1-2H3;1-2H3. The molecule has 1 heteroatoms. The van der Waals surface area contributed by atoms with Crippen molar-refractivity contribution in [3.05, 3.63) is 77.9 Å². The predicted octanol–water partition coefficient (Wildman–Crippen LogP) is 6.43. The van der Waals surface area contributed by atoms with Gasteiger partial charge >= 0.3 is 0 Å². The van der Waals surface area contributed by atoms with E-state index in [1.807, 2.05) is 13.8 Å². The average Bonchev–Trinajstić information content (AvgIpc) is 2.90. The number of nitrogens with zero attached hydrogens (tertiary/aromatic N) is 1. The van der Waals surface area contributed by atoms with Crippen LogP contribution in [0, 0.1) is 13.8 Å². The van der Waals surface area contributed by atoms with Crippen molar-refractivity contribution in [1.29, 1.82) is 0 Å². The number of fused-ring (bicyclic) bond motifs is 3. The molecule has 3 aromatic carbocycles. The fourth-order valence-electron chi connectivity index (χ4n) is 3.28. The van der Waals surface area contributed by atoms with Gasteiger partial charge in [-0.05, 0) is 49.2 Å². The lowest BCUT2D eigenvalue weighted by Gasteiger charge is -2.10. The molecule has 0 aliphatic rings. The van der Waals surface area contributed by atoms with E-state index in [4.69, 9.17) is 0 Å². The normalized spacial score (nSPS) is 10.6. The van der Waals surface area contributed by atoms with Crippen LogP contribution < -0.4 is 0 Å². The summed E-state index contributed by atoms with van der Waals surface area (Å²) in [5.41, 5.74) is 6.37. The molecule has 1 heterocycles. The van der Waals surface area contributed by atoms with Crippen molar-refractivity contribution < 1.29 is 0 Å². The van der Waals surface area contributed by atoms with Gasteiger partial charge in [0.25, 0.3) is 0 Å². The third-order valence-corrected chi connectivity index (χ3v) is 4.04. The number of rotatable bonds is 1. The maximum atomic E-state index is 2.37. The minimum absolute atomic E-state index is 1.24. The van der Waals surface area contributed by atoms with Crippen LogP contribution in [-0.2, 0) is 0 Å². The second-order valence-corrected chi connectivity index (χ2v) is 5.72. The van der Waals surface area contributed by atoms with E-state index in [1.165, 1.54) is 38.6 Å². The van der Waals surface area contributed by atoms with Gasteiger partial charge in [0.1, 0.15) is 0 Å². The molecular formula is C22H23N. The Morgan fingerprint density at radius 1 is 0.609 bits per heavy atom. The van der Waals surface area contributed by atoms with Gasteiger partial charge in [0.15, 0.2) is 0 Å². The van der Waals surface area contributed by atoms with Gasteiger partial charge < -0.3 is 4.57 Å². The molecule has 0 saturated carbocycles. The molecule has 0 aliphatic heterocycles. The van der Waals surface area contributed by atoms with E-state index in [0.29, 0.717) is 0 Å². The van der Waals surface area contributed by atoms with Gasteiger partial charge in [-0.25, -0.2) is 0 Å². The smallest absolute Gasteiger partial charge is 0.0541 e. The zero-order valence-electron chi connectivity index (χ0n) is 14.3. The molecule has 0 aliphatic carbocycles. The van der Waals surface area contributed by atoms with Gasteiger partial charge in [-0.2, -0.15) is 0 Å². The molecule has 0 fully saturated rings. The molecule has 0 spiro atoms. The molecule has 116 valence electrons. The van der Waals surface area contributed by atoms with E-state index < -0.39 is 0 Å². The molecule has 4 aromatic rings. The van der Waals surface area contributed by atoms with E-state index in [-0.39, 0.29) is 0 Å². The van der Waals surface area contributed by atoms with Crippen molar-refractivity contribution in [2.45, 2.75) is 27.7 Å². The number of hydrogen-bond donors (Lipinski definition) is 0. The van der Waals surface area contributed by atoms with Crippen molar-refractivity contribution in [3.8, 4) is 5.69 Å². The summed E-state index contributed by atoms with van der Waals surface area (Å²) in [5.74, 6) is 0. The highest BCUT2D eigenvalue weighted by Crippen LogP contribution is 2.32. The number of aromatic nitrogens is 1. The fraction of sp³-hybridized carbons (Fsp3) is 0.182. The van der Waals surface area contributed by atoms with Crippen LogP contribution >= 0.6 is 0 Å². The first-order valence-corrected chi connectivity index (χ1v) is 8.31. The first-order chi connectivity index (χ1) is 11.2. The summed E-state index contributed by atoms with van der Waals surface area (Å²) in [6, 6.07) is 24.0. The molecule has 4 rings (SSSR count). The lowest BCUT2D eigenvalue weighted by Crippen LogP contribution is -1.95. The molecule has 0 atom stereocenters. The third kappa shape index (κ3) is 2.63. The van der Waals surface area contributed by atoms with Crippen LogP contribution in [0.5, 0.6) is 0 Å². The Morgan fingerprint density at radius 2 is 1.04 bits per heavy atom. The average molecular weight is 301 g/mol. The Hall–Kier alpha value is -2.54. The van der Waals surface area contributed by atoms with Crippen LogP contribution in [-0.4, -0.2) is 4.57 Å². The molecule has 0 radical (unpaired) electrons. The van der Waals surface area contributed by atoms with Crippen molar-refractivity contribution in [2.75, 3.05) is 0 Å². The second-order valence-electron chi connectivity index (χ2n) is 5.72. The first-order valence-electron chi connectivity index (χ1n) is 8.31. The highest BCUT2D eigenvalue weighted by atomic mass is 15.0. The molecule has 0 saturated heterocycles. The van der Waals surface area contributed by atoms with Gasteiger partial charge in [0.05, 0.1) is 11.0 Å². The summed E-state index contributed by atoms with van der Waals surface area (Å²) < 4.78 is 2.37. The minimum atomic E-state index is 1.24. The Bertz CT molecular complexity index is 887. The quantitative estimate of drug-likeness (QED) is 0.382. The number of para-hydroxylation sites is 2. The van der Waals surface area contributed by atoms with Crippen LogP contribution in [0.25, 0.3) is 27.5 Å². The topological polar surface area (TPSA) is 4.93 Å². The zero-order chi connectivity index (χ0) is 16.4. The predicted molar refractivity (Wildman–Crippen MR) is 102 cm³/mol. The molecular weight excluding hydrogens is 278 g/mol. The van der Waals surface area contributed by atoms with Crippen molar-refractivity contribution in [2.24, 2.45) is 0 Å². The molecule has 1 nitrogen and oxygen atoms in total. The summed E-state index contributed by atoms with van der Waals surface area (Å²) in [7, 11) is 0. The summed E-state index contributed by atoms with van der Waals surface area (Å²) >= 11 is 0. The lowest BCUT2D eigenvalue weighted by atomic mass is 10.1. The first kappa shape index (κ1) is 15.4. The lowest BCUT2D eigenvalue weighted by molar-refractivity contribution is 1.16. The largest absolute Gasteiger partial charge is 0.309 e. The van der Waals surface area contributed by atoms with Crippen LogP contribution in [0.2, 0.25) is 0 Å².